The third kappa shape index (κ3) is 3.56. The normalized spacial score (nSPS) is 11.4. The van der Waals surface area contributed by atoms with E-state index < -0.39 is 10.0 Å². The largest absolute Gasteiger partial charge is 0.278 e. The Balaban J connectivity index is 2.40. The summed E-state index contributed by atoms with van der Waals surface area (Å²) in [6.45, 7) is 0. The van der Waals surface area contributed by atoms with E-state index in [1.165, 1.54) is 12.1 Å². The molecule has 0 radical (unpaired) electrons. The number of hydrogen-bond acceptors (Lipinski definition) is 3. The third-order valence-electron chi connectivity index (χ3n) is 2.25. The van der Waals surface area contributed by atoms with Crippen LogP contribution in [0.5, 0.6) is 0 Å². The lowest BCUT2D eigenvalue weighted by atomic mass is 10.3. The predicted molar refractivity (Wildman–Crippen MR) is 84.2 cm³/mol. The fraction of sp³-hybridized carbons (Fsp3) is 0. The SMILES string of the molecule is O=S(=O)(Nc1cc(Cl)ccc1Br)c1cnc(Cl)c(Cl)c1. The summed E-state index contributed by atoms with van der Waals surface area (Å²) in [4.78, 5) is 3.60. The summed E-state index contributed by atoms with van der Waals surface area (Å²) in [6.07, 6.45) is 1.12. The molecule has 9 heteroatoms. The number of nitrogens with zero attached hydrogens (tertiary/aromatic N) is 1. The van der Waals surface area contributed by atoms with E-state index in [0.717, 1.165) is 6.20 Å². The van der Waals surface area contributed by atoms with Gasteiger partial charge in [-0.1, -0.05) is 34.8 Å². The molecule has 4 nitrogen and oxygen atoms in total. The van der Waals surface area contributed by atoms with E-state index in [0.29, 0.717) is 15.2 Å². The molecule has 0 fully saturated rings. The molecule has 0 saturated carbocycles. The van der Waals surface area contributed by atoms with Crippen molar-refractivity contribution in [1.29, 1.82) is 0 Å². The van der Waals surface area contributed by atoms with Gasteiger partial charge in [0.25, 0.3) is 10.0 Å². The van der Waals surface area contributed by atoms with Crippen molar-refractivity contribution >= 4 is 66.4 Å². The lowest BCUT2D eigenvalue weighted by molar-refractivity contribution is 0.601. The number of halogens is 4. The maximum atomic E-state index is 12.2. The molecule has 0 spiro atoms. The van der Waals surface area contributed by atoms with Gasteiger partial charge in [0.05, 0.1) is 10.7 Å². The van der Waals surface area contributed by atoms with Gasteiger partial charge in [-0.25, -0.2) is 13.4 Å². The molecule has 1 aromatic carbocycles. The van der Waals surface area contributed by atoms with Crippen LogP contribution in [0.15, 0.2) is 39.8 Å². The average molecular weight is 417 g/mol. The molecule has 0 amide bonds. The number of aromatic nitrogens is 1. The maximum Gasteiger partial charge on any atom is 0.263 e. The highest BCUT2D eigenvalue weighted by Crippen LogP contribution is 2.29. The summed E-state index contributed by atoms with van der Waals surface area (Å²) in [5, 5.41) is 0.493. The van der Waals surface area contributed by atoms with Crippen LogP contribution < -0.4 is 4.72 Å². The van der Waals surface area contributed by atoms with Gasteiger partial charge in [-0.15, -0.1) is 0 Å². The molecule has 20 heavy (non-hydrogen) atoms. The quantitative estimate of drug-likeness (QED) is 0.744. The number of rotatable bonds is 3. The number of benzene rings is 1. The second kappa shape index (κ2) is 6.07. The Morgan fingerprint density at radius 1 is 1.15 bits per heavy atom. The van der Waals surface area contributed by atoms with Gasteiger partial charge in [-0.2, -0.15) is 0 Å². The molecule has 0 aliphatic carbocycles. The van der Waals surface area contributed by atoms with Crippen LogP contribution in [-0.4, -0.2) is 13.4 Å². The van der Waals surface area contributed by atoms with Crippen LogP contribution >= 0.6 is 50.7 Å². The number of hydrogen-bond donors (Lipinski definition) is 1. The van der Waals surface area contributed by atoms with Crippen molar-refractivity contribution in [3.63, 3.8) is 0 Å². The van der Waals surface area contributed by atoms with Crippen molar-refractivity contribution in [1.82, 2.24) is 4.98 Å². The van der Waals surface area contributed by atoms with Crippen LogP contribution in [0.2, 0.25) is 15.2 Å². The molecule has 2 aromatic rings. The zero-order valence-corrected chi connectivity index (χ0v) is 14.2. The predicted octanol–water partition coefficient (Wildman–Crippen LogP) is 4.61. The van der Waals surface area contributed by atoms with Crippen LogP contribution in [0.1, 0.15) is 0 Å². The van der Waals surface area contributed by atoms with Crippen molar-refractivity contribution < 1.29 is 8.42 Å². The van der Waals surface area contributed by atoms with Crippen molar-refractivity contribution in [2.45, 2.75) is 4.90 Å². The summed E-state index contributed by atoms with van der Waals surface area (Å²) < 4.78 is 27.4. The van der Waals surface area contributed by atoms with Crippen molar-refractivity contribution in [2.24, 2.45) is 0 Å². The molecule has 0 aliphatic rings. The van der Waals surface area contributed by atoms with Gasteiger partial charge in [0.15, 0.2) is 0 Å². The Morgan fingerprint density at radius 3 is 2.50 bits per heavy atom. The third-order valence-corrected chi connectivity index (χ3v) is 5.20. The van der Waals surface area contributed by atoms with E-state index in [2.05, 4.69) is 25.6 Å². The topological polar surface area (TPSA) is 59.1 Å². The average Bonchev–Trinajstić information content (AvgIpc) is 2.36. The van der Waals surface area contributed by atoms with Gasteiger partial charge in [0.2, 0.25) is 0 Å². The Morgan fingerprint density at radius 2 is 1.85 bits per heavy atom. The zero-order valence-electron chi connectivity index (χ0n) is 9.57. The van der Waals surface area contributed by atoms with Gasteiger partial charge in [0.1, 0.15) is 10.0 Å². The first-order valence-corrected chi connectivity index (χ1v) is 8.49. The molecule has 0 bridgehead atoms. The highest BCUT2D eigenvalue weighted by molar-refractivity contribution is 9.10. The van der Waals surface area contributed by atoms with Crippen LogP contribution in [0.4, 0.5) is 5.69 Å². The van der Waals surface area contributed by atoms with Gasteiger partial charge >= 0.3 is 0 Å². The first-order chi connectivity index (χ1) is 9.29. The molecule has 0 atom stereocenters. The first-order valence-electron chi connectivity index (χ1n) is 5.08. The van der Waals surface area contributed by atoms with Crippen molar-refractivity contribution in [2.75, 3.05) is 4.72 Å². The minimum absolute atomic E-state index is 0.0366. The van der Waals surface area contributed by atoms with Crippen LogP contribution in [0, 0.1) is 0 Å². The van der Waals surface area contributed by atoms with Crippen molar-refractivity contribution in [3.05, 3.63) is 50.1 Å². The fourth-order valence-corrected chi connectivity index (χ4v) is 3.35. The monoisotopic (exact) mass is 414 g/mol. The number of anilines is 1. The highest BCUT2D eigenvalue weighted by Gasteiger charge is 2.18. The zero-order chi connectivity index (χ0) is 14.9. The van der Waals surface area contributed by atoms with Crippen LogP contribution in [0.3, 0.4) is 0 Å². The van der Waals surface area contributed by atoms with Crippen molar-refractivity contribution in [3.8, 4) is 0 Å². The van der Waals surface area contributed by atoms with Gasteiger partial charge in [0, 0.05) is 15.7 Å². The number of pyridine rings is 1. The summed E-state index contributed by atoms with van der Waals surface area (Å²) in [6, 6.07) is 5.96. The minimum atomic E-state index is -3.84. The van der Waals surface area contributed by atoms with E-state index >= 15 is 0 Å². The van der Waals surface area contributed by atoms with E-state index in [9.17, 15) is 8.42 Å². The Kier molecular flexibility index (Phi) is 4.81. The molecule has 2 rings (SSSR count). The minimum Gasteiger partial charge on any atom is -0.278 e. The summed E-state index contributed by atoms with van der Waals surface area (Å²) in [5.74, 6) is 0. The highest BCUT2D eigenvalue weighted by atomic mass is 79.9. The van der Waals surface area contributed by atoms with E-state index in [1.807, 2.05) is 0 Å². The number of sulfonamides is 1. The van der Waals surface area contributed by atoms with E-state index in [1.54, 1.807) is 12.1 Å². The van der Waals surface area contributed by atoms with Gasteiger partial charge in [-0.05, 0) is 40.2 Å². The molecule has 0 aliphatic heterocycles. The van der Waals surface area contributed by atoms with Crippen LogP contribution in [0.25, 0.3) is 0 Å². The Labute approximate surface area is 139 Å². The first kappa shape index (κ1) is 15.9. The lowest BCUT2D eigenvalue weighted by Crippen LogP contribution is -2.13. The van der Waals surface area contributed by atoms with Gasteiger partial charge < -0.3 is 0 Å². The second-order valence-electron chi connectivity index (χ2n) is 3.67. The van der Waals surface area contributed by atoms with Gasteiger partial charge in [-0.3, -0.25) is 4.72 Å². The smallest absolute Gasteiger partial charge is 0.263 e. The summed E-state index contributed by atoms with van der Waals surface area (Å²) in [7, 11) is -3.84. The van der Waals surface area contributed by atoms with Crippen LogP contribution in [-0.2, 0) is 10.0 Å². The molecule has 1 N–H and O–H groups in total. The molecule has 0 saturated heterocycles. The van der Waals surface area contributed by atoms with E-state index in [-0.39, 0.29) is 15.1 Å². The lowest BCUT2D eigenvalue weighted by Gasteiger charge is -2.10. The summed E-state index contributed by atoms with van der Waals surface area (Å²) in [5.41, 5.74) is 0.309. The fourth-order valence-electron chi connectivity index (χ4n) is 1.33. The molecular formula is C11H6BrCl3N2O2S. The molecule has 1 aromatic heterocycles. The molecular weight excluding hydrogens is 410 g/mol. The Bertz CT molecular complexity index is 768. The molecule has 1 heterocycles. The molecule has 0 unspecified atom stereocenters. The standard InChI is InChI=1S/C11H6BrCl3N2O2S/c12-8-2-1-6(13)3-10(8)17-20(18,19)7-4-9(14)11(15)16-5-7/h1-5,17H. The number of nitrogens with one attached hydrogen (secondary N) is 1. The Hall–Kier alpha value is -0.530. The summed E-state index contributed by atoms with van der Waals surface area (Å²) >= 11 is 20.5. The molecule has 106 valence electrons. The maximum absolute atomic E-state index is 12.2. The second-order valence-corrected chi connectivity index (χ2v) is 7.41. The van der Waals surface area contributed by atoms with E-state index in [4.69, 9.17) is 34.8 Å².